The van der Waals surface area contributed by atoms with Crippen molar-refractivity contribution in [1.82, 2.24) is 0 Å². The second-order valence-corrected chi connectivity index (χ2v) is 4.97. The summed E-state index contributed by atoms with van der Waals surface area (Å²) >= 11 is 1.12. The van der Waals surface area contributed by atoms with E-state index < -0.39 is 7.82 Å². The molecule has 1 aromatic carbocycles. The standard InChI is InChI=1S/C6H6N.Ce.H3O4P/c7-6-4-2-1-3-5-6;;1-5(2,3)4/h2-5H,7H2;;(H3,1,2,3,4). The fourth-order valence-electron chi connectivity index (χ4n) is 0.483. The number of anilines is 1. The van der Waals surface area contributed by atoms with E-state index in [2.05, 4.69) is 12.1 Å². The first-order chi connectivity index (χ1) is 5.79. The Morgan fingerprint density at radius 2 is 1.46 bits per heavy atom. The second-order valence-electron chi connectivity index (χ2n) is 2.14. The molecule has 0 saturated carbocycles. The molecular formula is C6H9CeNO4P. The molecule has 0 aromatic heterocycles. The molecule has 13 heavy (non-hydrogen) atoms. The molecule has 1 rings (SSSR count). The minimum Gasteiger partial charge on any atom is -0.303 e. The van der Waals surface area contributed by atoms with Crippen LogP contribution in [0.25, 0.3) is 0 Å². The Balaban J connectivity index is 0.000000252. The summed E-state index contributed by atoms with van der Waals surface area (Å²) < 4.78 is 10.3. The number of nitrogen functional groups attached to an aromatic ring is 1. The maximum Gasteiger partial charge on any atom is 0.466 e. The van der Waals surface area contributed by atoms with Crippen molar-refractivity contribution in [2.45, 2.75) is 0 Å². The molecular weight excluding hydrogens is 321 g/mol. The van der Waals surface area contributed by atoms with Gasteiger partial charge in [0.15, 0.2) is 0 Å². The molecule has 0 radical (unpaired) electrons. The van der Waals surface area contributed by atoms with Crippen LogP contribution in [0.4, 0.5) is 5.69 Å². The molecule has 0 aliphatic carbocycles. The number of phosphoric acid groups is 1. The molecule has 0 unspecified atom stereocenters. The van der Waals surface area contributed by atoms with Crippen molar-refractivity contribution < 1.29 is 58.9 Å². The SMILES string of the molecule is Nc1cc[c]([Ce])cc1.O=P(O)(O)O. The van der Waals surface area contributed by atoms with E-state index in [0.717, 1.165) is 45.3 Å². The fraction of sp³-hybridized carbons (Fsp3) is 0. The first-order valence-corrected chi connectivity index (χ1v) is 6.28. The van der Waals surface area contributed by atoms with Crippen molar-refractivity contribution in [2.24, 2.45) is 0 Å². The van der Waals surface area contributed by atoms with E-state index in [9.17, 15) is 0 Å². The average Bonchev–Trinajstić information content (AvgIpc) is 1.92. The normalized spacial score (nSPS) is 10.0. The molecule has 0 bridgehead atoms. The molecule has 71 valence electrons. The van der Waals surface area contributed by atoms with Gasteiger partial charge in [-0.05, 0) is 0 Å². The van der Waals surface area contributed by atoms with Crippen LogP contribution >= 0.6 is 7.82 Å². The van der Waals surface area contributed by atoms with Crippen LogP contribution < -0.4 is 6.81 Å². The molecule has 5 nitrogen and oxygen atoms in total. The number of hydrogen-bond donors (Lipinski definition) is 4. The summed E-state index contributed by atoms with van der Waals surface area (Å²) in [6.45, 7) is 0. The third kappa shape index (κ3) is 12.5. The number of rotatable bonds is 0. The van der Waals surface area contributed by atoms with Gasteiger partial charge in [-0.15, -0.1) is 0 Å². The van der Waals surface area contributed by atoms with Gasteiger partial charge in [-0.1, -0.05) is 0 Å². The van der Waals surface area contributed by atoms with Crippen molar-refractivity contribution in [3.05, 3.63) is 24.3 Å². The number of hydrogen-bond acceptors (Lipinski definition) is 2. The van der Waals surface area contributed by atoms with Crippen molar-refractivity contribution in [1.29, 1.82) is 0 Å². The van der Waals surface area contributed by atoms with Crippen molar-refractivity contribution >= 4 is 14.6 Å². The van der Waals surface area contributed by atoms with E-state index in [-0.39, 0.29) is 0 Å². The van der Waals surface area contributed by atoms with Crippen LogP contribution in [0.2, 0.25) is 0 Å². The van der Waals surface area contributed by atoms with Gasteiger partial charge >= 0.3 is 84.2 Å². The molecule has 0 aliphatic rings. The molecule has 0 heterocycles. The van der Waals surface area contributed by atoms with Gasteiger partial charge in [0.1, 0.15) is 0 Å². The minimum atomic E-state index is -4.64. The molecule has 7 heteroatoms. The maximum atomic E-state index is 8.88. The van der Waals surface area contributed by atoms with Gasteiger partial charge < -0.3 is 14.7 Å². The van der Waals surface area contributed by atoms with Gasteiger partial charge in [0, 0.05) is 0 Å². The molecule has 0 fully saturated rings. The van der Waals surface area contributed by atoms with Crippen LogP contribution in [0.3, 0.4) is 0 Å². The maximum absolute atomic E-state index is 8.88. The van der Waals surface area contributed by atoms with E-state index in [1.165, 1.54) is 1.08 Å². The number of nitrogens with two attached hydrogens (primary N) is 1. The molecule has 0 spiro atoms. The van der Waals surface area contributed by atoms with Gasteiger partial charge in [0.25, 0.3) is 0 Å². The van der Waals surface area contributed by atoms with Crippen LogP contribution in [-0.2, 0) is 4.57 Å². The molecule has 1 aromatic rings. The minimum absolute atomic E-state index is 0.851. The van der Waals surface area contributed by atoms with E-state index in [0.29, 0.717) is 0 Å². The van der Waals surface area contributed by atoms with Crippen LogP contribution in [0.15, 0.2) is 24.3 Å². The summed E-state index contributed by atoms with van der Waals surface area (Å²) in [6, 6.07) is 7.98. The zero-order valence-corrected chi connectivity index (χ0v) is 10.6. The summed E-state index contributed by atoms with van der Waals surface area (Å²) in [5, 5.41) is 0. The summed E-state index contributed by atoms with van der Waals surface area (Å²) in [4.78, 5) is 21.6. The summed E-state index contributed by atoms with van der Waals surface area (Å²) in [5.41, 5.74) is 6.29. The van der Waals surface area contributed by atoms with E-state index in [1.54, 1.807) is 0 Å². The predicted octanol–water partition coefficient (Wildman–Crippen LogP) is -0.485. The van der Waals surface area contributed by atoms with Crippen LogP contribution in [0, 0.1) is 39.6 Å². The first kappa shape index (κ1) is 13.5. The molecule has 0 saturated heterocycles. The quantitative estimate of drug-likeness (QED) is 0.380. The second kappa shape index (κ2) is 6.08. The predicted molar refractivity (Wildman–Crippen MR) is 44.8 cm³/mol. The number of benzene rings is 1. The van der Waals surface area contributed by atoms with Gasteiger partial charge in [-0.25, -0.2) is 4.57 Å². The topological polar surface area (TPSA) is 104 Å². The molecule has 0 atom stereocenters. The van der Waals surface area contributed by atoms with Gasteiger partial charge in [0.05, 0.1) is 0 Å². The Hall–Kier alpha value is 0.507. The zero-order valence-electron chi connectivity index (χ0n) is 6.58. The summed E-state index contributed by atoms with van der Waals surface area (Å²) in [7, 11) is -4.64. The summed E-state index contributed by atoms with van der Waals surface area (Å²) in [6.07, 6.45) is 0. The molecule has 5 N–H and O–H groups in total. The van der Waals surface area contributed by atoms with Gasteiger partial charge in [-0.3, -0.25) is 0 Å². The summed E-state index contributed by atoms with van der Waals surface area (Å²) in [5.74, 6) is 0. The third-order valence-electron chi connectivity index (χ3n) is 0.911. The van der Waals surface area contributed by atoms with Crippen molar-refractivity contribution in [2.75, 3.05) is 5.73 Å². The third-order valence-corrected chi connectivity index (χ3v) is 1.96. The Morgan fingerprint density at radius 3 is 1.69 bits per heavy atom. The Kier molecular flexibility index (Phi) is 6.31. The van der Waals surface area contributed by atoms with Crippen molar-refractivity contribution in [3.63, 3.8) is 0 Å². The largest absolute Gasteiger partial charge is 0.466 e. The molecule has 0 amide bonds. The van der Waals surface area contributed by atoms with Crippen LogP contribution in [0.1, 0.15) is 0 Å². The van der Waals surface area contributed by atoms with E-state index in [1.807, 2.05) is 12.1 Å². The fourth-order valence-corrected chi connectivity index (χ4v) is 1.01. The van der Waals surface area contributed by atoms with Gasteiger partial charge in [-0.2, -0.15) is 0 Å². The average molecular weight is 330 g/mol. The first-order valence-electron chi connectivity index (χ1n) is 3.14. The zero-order chi connectivity index (χ0) is 10.5. The van der Waals surface area contributed by atoms with E-state index >= 15 is 0 Å². The van der Waals surface area contributed by atoms with Crippen LogP contribution in [0.5, 0.6) is 0 Å². The Bertz CT molecular complexity index is 267. The van der Waals surface area contributed by atoms with Crippen molar-refractivity contribution in [3.8, 4) is 0 Å². The Labute approximate surface area is 103 Å². The van der Waals surface area contributed by atoms with E-state index in [4.69, 9.17) is 25.0 Å². The monoisotopic (exact) mass is 330 g/mol. The van der Waals surface area contributed by atoms with Gasteiger partial charge in [0.2, 0.25) is 0 Å². The smallest absolute Gasteiger partial charge is 0.303 e. The molecule has 0 aliphatic heterocycles. The van der Waals surface area contributed by atoms with Crippen LogP contribution in [-0.4, -0.2) is 14.7 Å². The Morgan fingerprint density at radius 1 is 1.15 bits per heavy atom.